The Morgan fingerprint density at radius 2 is 2.18 bits per heavy atom. The minimum absolute atomic E-state index is 0.140. The highest BCUT2D eigenvalue weighted by Crippen LogP contribution is 2.31. The standard InChI is InChI=1S/C10H13NO6/c1-16-9-3-2-7(11(14)15)4-10(9)17-6-8(13)5-12/h2-4,8,12-13H,5-6H2,1H3. The fourth-order valence-electron chi connectivity index (χ4n) is 1.13. The third-order valence-electron chi connectivity index (χ3n) is 2.00. The fourth-order valence-corrected chi connectivity index (χ4v) is 1.13. The lowest BCUT2D eigenvalue weighted by atomic mass is 10.3. The quantitative estimate of drug-likeness (QED) is 0.551. The molecule has 0 spiro atoms. The minimum Gasteiger partial charge on any atom is -0.493 e. The average Bonchev–Trinajstić information content (AvgIpc) is 2.35. The van der Waals surface area contributed by atoms with E-state index in [1.165, 1.54) is 25.3 Å². The zero-order valence-corrected chi connectivity index (χ0v) is 9.20. The summed E-state index contributed by atoms with van der Waals surface area (Å²) in [5.41, 5.74) is -0.140. The molecule has 0 aliphatic rings. The molecule has 0 radical (unpaired) electrons. The minimum atomic E-state index is -1.04. The number of methoxy groups -OCH3 is 1. The van der Waals surface area contributed by atoms with Crippen molar-refractivity contribution in [2.24, 2.45) is 0 Å². The van der Waals surface area contributed by atoms with Crippen LogP contribution in [0.3, 0.4) is 0 Å². The van der Waals surface area contributed by atoms with Crippen LogP contribution in [0, 0.1) is 10.1 Å². The van der Waals surface area contributed by atoms with Gasteiger partial charge in [-0.15, -0.1) is 0 Å². The first-order valence-electron chi connectivity index (χ1n) is 4.82. The molecule has 1 unspecified atom stereocenters. The van der Waals surface area contributed by atoms with E-state index in [1.807, 2.05) is 0 Å². The van der Waals surface area contributed by atoms with E-state index >= 15 is 0 Å². The highest BCUT2D eigenvalue weighted by atomic mass is 16.6. The van der Waals surface area contributed by atoms with Crippen molar-refractivity contribution >= 4 is 5.69 Å². The number of nitro groups is 1. The molecule has 0 aliphatic heterocycles. The Bertz CT molecular complexity index is 394. The molecule has 0 saturated heterocycles. The summed E-state index contributed by atoms with van der Waals surface area (Å²) in [6, 6.07) is 3.88. The summed E-state index contributed by atoms with van der Waals surface area (Å²) in [6.07, 6.45) is -1.04. The van der Waals surface area contributed by atoms with E-state index in [-0.39, 0.29) is 18.0 Å². The number of hydrogen-bond acceptors (Lipinski definition) is 6. The number of benzene rings is 1. The van der Waals surface area contributed by atoms with E-state index in [2.05, 4.69) is 0 Å². The lowest BCUT2D eigenvalue weighted by molar-refractivity contribution is -0.385. The summed E-state index contributed by atoms with van der Waals surface area (Å²) in [5.74, 6) is 0.468. The predicted molar refractivity (Wildman–Crippen MR) is 58.2 cm³/mol. The summed E-state index contributed by atoms with van der Waals surface area (Å²) < 4.78 is 10.1. The highest BCUT2D eigenvalue weighted by Gasteiger charge is 2.13. The van der Waals surface area contributed by atoms with Crippen LogP contribution in [0.15, 0.2) is 18.2 Å². The average molecular weight is 243 g/mol. The second kappa shape index (κ2) is 6.02. The van der Waals surface area contributed by atoms with Crippen LogP contribution in [-0.4, -0.2) is 41.6 Å². The van der Waals surface area contributed by atoms with Gasteiger partial charge in [-0.25, -0.2) is 0 Å². The van der Waals surface area contributed by atoms with E-state index in [1.54, 1.807) is 0 Å². The molecule has 0 heterocycles. The van der Waals surface area contributed by atoms with Gasteiger partial charge in [0.2, 0.25) is 0 Å². The van der Waals surface area contributed by atoms with Gasteiger partial charge < -0.3 is 19.7 Å². The SMILES string of the molecule is COc1ccc([N+](=O)[O-])cc1OCC(O)CO. The Morgan fingerprint density at radius 1 is 1.47 bits per heavy atom. The summed E-state index contributed by atoms with van der Waals surface area (Å²) in [6.45, 7) is -0.620. The number of hydrogen-bond donors (Lipinski definition) is 2. The molecule has 0 bridgehead atoms. The number of aliphatic hydroxyl groups excluding tert-OH is 2. The normalized spacial score (nSPS) is 11.9. The lowest BCUT2D eigenvalue weighted by Crippen LogP contribution is -2.21. The first-order valence-corrected chi connectivity index (χ1v) is 4.82. The molecule has 0 saturated carbocycles. The smallest absolute Gasteiger partial charge is 0.273 e. The van der Waals surface area contributed by atoms with E-state index in [4.69, 9.17) is 19.7 Å². The van der Waals surface area contributed by atoms with Crippen LogP contribution in [0.1, 0.15) is 0 Å². The van der Waals surface area contributed by atoms with Crippen molar-refractivity contribution in [1.82, 2.24) is 0 Å². The van der Waals surface area contributed by atoms with Gasteiger partial charge in [0.15, 0.2) is 11.5 Å². The van der Waals surface area contributed by atoms with Gasteiger partial charge in [0.05, 0.1) is 24.7 Å². The Kier molecular flexibility index (Phi) is 4.68. The molecule has 7 nitrogen and oxygen atoms in total. The second-order valence-corrected chi connectivity index (χ2v) is 3.24. The third-order valence-corrected chi connectivity index (χ3v) is 2.00. The Balaban J connectivity index is 2.86. The zero-order valence-electron chi connectivity index (χ0n) is 9.20. The van der Waals surface area contributed by atoms with Crippen molar-refractivity contribution in [3.8, 4) is 11.5 Å². The van der Waals surface area contributed by atoms with Gasteiger partial charge in [0.1, 0.15) is 12.7 Å². The molecule has 0 fully saturated rings. The van der Waals surface area contributed by atoms with Crippen molar-refractivity contribution in [2.75, 3.05) is 20.3 Å². The molecule has 1 rings (SSSR count). The highest BCUT2D eigenvalue weighted by molar-refractivity contribution is 5.48. The van der Waals surface area contributed by atoms with Crippen molar-refractivity contribution in [3.05, 3.63) is 28.3 Å². The van der Waals surface area contributed by atoms with Gasteiger partial charge in [-0.2, -0.15) is 0 Å². The van der Waals surface area contributed by atoms with Gasteiger partial charge >= 0.3 is 0 Å². The lowest BCUT2D eigenvalue weighted by Gasteiger charge is -2.12. The summed E-state index contributed by atoms with van der Waals surface area (Å²) in [5, 5.41) is 28.3. The van der Waals surface area contributed by atoms with Crippen LogP contribution in [-0.2, 0) is 0 Å². The largest absolute Gasteiger partial charge is 0.493 e. The number of nitrogens with zero attached hydrogens (tertiary/aromatic N) is 1. The number of rotatable bonds is 6. The van der Waals surface area contributed by atoms with Gasteiger partial charge in [-0.1, -0.05) is 0 Å². The van der Waals surface area contributed by atoms with Gasteiger partial charge in [0, 0.05) is 6.07 Å². The van der Waals surface area contributed by atoms with E-state index < -0.39 is 17.6 Å². The Morgan fingerprint density at radius 3 is 2.71 bits per heavy atom. The molecular weight excluding hydrogens is 230 g/mol. The molecule has 2 N–H and O–H groups in total. The Labute approximate surface area is 97.4 Å². The second-order valence-electron chi connectivity index (χ2n) is 3.24. The van der Waals surface area contributed by atoms with Crippen LogP contribution in [0.2, 0.25) is 0 Å². The van der Waals surface area contributed by atoms with Crippen LogP contribution in [0.5, 0.6) is 11.5 Å². The molecule has 17 heavy (non-hydrogen) atoms. The fraction of sp³-hybridized carbons (Fsp3) is 0.400. The van der Waals surface area contributed by atoms with Crippen LogP contribution < -0.4 is 9.47 Å². The molecule has 0 aromatic heterocycles. The monoisotopic (exact) mass is 243 g/mol. The van der Waals surface area contributed by atoms with Crippen LogP contribution >= 0.6 is 0 Å². The van der Waals surface area contributed by atoms with Crippen LogP contribution in [0.25, 0.3) is 0 Å². The molecule has 1 atom stereocenters. The van der Waals surface area contributed by atoms with Crippen molar-refractivity contribution < 1.29 is 24.6 Å². The maximum atomic E-state index is 10.6. The molecule has 1 aromatic carbocycles. The topological polar surface area (TPSA) is 102 Å². The molecule has 94 valence electrons. The van der Waals surface area contributed by atoms with Crippen molar-refractivity contribution in [1.29, 1.82) is 0 Å². The zero-order chi connectivity index (χ0) is 12.8. The maximum Gasteiger partial charge on any atom is 0.273 e. The number of ether oxygens (including phenoxy) is 2. The first kappa shape index (κ1) is 13.2. The van der Waals surface area contributed by atoms with Crippen LogP contribution in [0.4, 0.5) is 5.69 Å². The number of non-ortho nitro benzene ring substituents is 1. The molecule has 7 heteroatoms. The summed E-state index contributed by atoms with van der Waals surface area (Å²) in [7, 11) is 1.40. The number of aliphatic hydroxyl groups is 2. The van der Waals surface area contributed by atoms with E-state index in [0.29, 0.717) is 5.75 Å². The maximum absolute atomic E-state index is 10.6. The third kappa shape index (κ3) is 3.58. The van der Waals surface area contributed by atoms with Gasteiger partial charge in [-0.05, 0) is 6.07 Å². The molecule has 0 amide bonds. The summed E-state index contributed by atoms with van der Waals surface area (Å²) in [4.78, 5) is 10.0. The van der Waals surface area contributed by atoms with Crippen molar-refractivity contribution in [3.63, 3.8) is 0 Å². The van der Waals surface area contributed by atoms with Gasteiger partial charge in [0.25, 0.3) is 5.69 Å². The van der Waals surface area contributed by atoms with E-state index in [0.717, 1.165) is 0 Å². The van der Waals surface area contributed by atoms with Gasteiger partial charge in [-0.3, -0.25) is 10.1 Å². The molecular formula is C10H13NO6. The number of nitro benzene ring substituents is 1. The molecule has 0 aliphatic carbocycles. The Hall–Kier alpha value is -1.86. The molecule has 1 aromatic rings. The predicted octanol–water partition coefficient (Wildman–Crippen LogP) is 0.335. The van der Waals surface area contributed by atoms with Crippen molar-refractivity contribution in [2.45, 2.75) is 6.10 Å². The first-order chi connectivity index (χ1) is 8.08. The summed E-state index contributed by atoms with van der Waals surface area (Å²) >= 11 is 0. The van der Waals surface area contributed by atoms with E-state index in [9.17, 15) is 10.1 Å².